The van der Waals surface area contributed by atoms with Gasteiger partial charge in [0.05, 0.1) is 16.8 Å². The van der Waals surface area contributed by atoms with Gasteiger partial charge < -0.3 is 18.2 Å². The summed E-state index contributed by atoms with van der Waals surface area (Å²) in [7, 11) is 0. The first-order valence-corrected chi connectivity index (χ1v) is 18.9. The zero-order valence-electron chi connectivity index (χ0n) is 30.1. The molecule has 3 heterocycles. The van der Waals surface area contributed by atoms with Crippen LogP contribution in [0.25, 0.3) is 98.8 Å². The normalized spacial score (nSPS) is 11.9. The Morgan fingerprint density at radius 1 is 0.304 bits per heavy atom. The molecule has 0 unspecified atom stereocenters. The number of rotatable bonds is 5. The van der Waals surface area contributed by atoms with Crippen LogP contribution in [0.5, 0.6) is 0 Å². The highest BCUT2D eigenvalue weighted by Crippen LogP contribution is 2.48. The highest BCUT2D eigenvalue weighted by Gasteiger charge is 2.24. The predicted molar refractivity (Wildman–Crippen MR) is 231 cm³/mol. The number of furan rings is 3. The van der Waals surface area contributed by atoms with Gasteiger partial charge in [0.1, 0.15) is 33.5 Å². The maximum atomic E-state index is 6.56. The van der Waals surface area contributed by atoms with E-state index in [0.29, 0.717) is 0 Å². The third kappa shape index (κ3) is 4.66. The lowest BCUT2D eigenvalue weighted by Gasteiger charge is -2.29. The molecule has 56 heavy (non-hydrogen) atoms. The van der Waals surface area contributed by atoms with Crippen LogP contribution in [0.4, 0.5) is 17.1 Å². The lowest BCUT2D eigenvalue weighted by atomic mass is 9.95. The summed E-state index contributed by atoms with van der Waals surface area (Å²) < 4.78 is 19.1. The van der Waals surface area contributed by atoms with Crippen LogP contribution < -0.4 is 4.90 Å². The summed E-state index contributed by atoms with van der Waals surface area (Å²) >= 11 is 0. The Morgan fingerprint density at radius 3 is 1.73 bits per heavy atom. The molecule has 12 rings (SSSR count). The Kier molecular flexibility index (Phi) is 6.60. The zero-order valence-corrected chi connectivity index (χ0v) is 30.1. The second-order valence-electron chi connectivity index (χ2n) is 14.4. The molecule has 0 saturated carbocycles. The van der Waals surface area contributed by atoms with Crippen LogP contribution in [0.15, 0.2) is 201 Å². The Morgan fingerprint density at radius 2 is 0.875 bits per heavy atom. The molecule has 0 N–H and O–H groups in total. The number of hydrogen-bond acceptors (Lipinski definition) is 4. The third-order valence-electron chi connectivity index (χ3n) is 11.3. The first kappa shape index (κ1) is 30.9. The number of benzene rings is 9. The fourth-order valence-corrected chi connectivity index (χ4v) is 8.69. The van der Waals surface area contributed by atoms with Crippen LogP contribution in [0.1, 0.15) is 0 Å². The fraction of sp³-hybridized carbons (Fsp3) is 0. The number of hydrogen-bond donors (Lipinski definition) is 0. The fourth-order valence-electron chi connectivity index (χ4n) is 8.69. The first-order chi connectivity index (χ1) is 27.7. The van der Waals surface area contributed by atoms with Crippen LogP contribution in [0, 0.1) is 0 Å². The van der Waals surface area contributed by atoms with E-state index in [-0.39, 0.29) is 0 Å². The first-order valence-electron chi connectivity index (χ1n) is 18.9. The molecule has 9 aromatic carbocycles. The molecule has 0 aliphatic heterocycles. The van der Waals surface area contributed by atoms with Gasteiger partial charge in [-0.05, 0) is 100 Å². The Balaban J connectivity index is 1.08. The quantitative estimate of drug-likeness (QED) is 0.178. The average molecular weight is 718 g/mol. The van der Waals surface area contributed by atoms with Crippen molar-refractivity contribution in [1.82, 2.24) is 0 Å². The molecule has 4 heteroatoms. The van der Waals surface area contributed by atoms with Crippen molar-refractivity contribution in [3.05, 3.63) is 188 Å². The van der Waals surface area contributed by atoms with E-state index >= 15 is 0 Å². The van der Waals surface area contributed by atoms with E-state index in [0.717, 1.165) is 111 Å². The molecule has 0 atom stereocenters. The van der Waals surface area contributed by atoms with E-state index in [1.54, 1.807) is 0 Å². The van der Waals surface area contributed by atoms with Crippen molar-refractivity contribution in [3.63, 3.8) is 0 Å². The minimum absolute atomic E-state index is 0.846. The molecule has 3 aromatic heterocycles. The van der Waals surface area contributed by atoms with Crippen molar-refractivity contribution in [2.24, 2.45) is 0 Å². The third-order valence-corrected chi connectivity index (χ3v) is 11.3. The smallest absolute Gasteiger partial charge is 0.137 e. The number of para-hydroxylation sites is 3. The van der Waals surface area contributed by atoms with E-state index in [1.807, 2.05) is 24.3 Å². The number of nitrogens with zero attached hydrogens (tertiary/aromatic N) is 1. The molecule has 0 spiro atoms. The van der Waals surface area contributed by atoms with Crippen LogP contribution in [0.3, 0.4) is 0 Å². The second kappa shape index (κ2) is 12.0. The van der Waals surface area contributed by atoms with Gasteiger partial charge >= 0.3 is 0 Å². The van der Waals surface area contributed by atoms with Gasteiger partial charge in [-0.1, -0.05) is 115 Å². The molecule has 0 aliphatic carbocycles. The average Bonchev–Trinajstić information content (AvgIpc) is 3.94. The van der Waals surface area contributed by atoms with Gasteiger partial charge in [0.25, 0.3) is 0 Å². The molecule has 0 bridgehead atoms. The van der Waals surface area contributed by atoms with Crippen molar-refractivity contribution < 1.29 is 13.3 Å². The summed E-state index contributed by atoms with van der Waals surface area (Å²) in [6.07, 6.45) is 0. The minimum Gasteiger partial charge on any atom is -0.456 e. The zero-order chi connectivity index (χ0) is 36.7. The maximum Gasteiger partial charge on any atom is 0.137 e. The second-order valence-corrected chi connectivity index (χ2v) is 14.4. The predicted octanol–water partition coefficient (Wildman–Crippen LogP) is 15.3. The van der Waals surface area contributed by atoms with Gasteiger partial charge in [-0.15, -0.1) is 0 Å². The van der Waals surface area contributed by atoms with Gasteiger partial charge in [-0.3, -0.25) is 0 Å². The largest absolute Gasteiger partial charge is 0.456 e. The topological polar surface area (TPSA) is 42.7 Å². The van der Waals surface area contributed by atoms with Crippen molar-refractivity contribution in [2.45, 2.75) is 0 Å². The van der Waals surface area contributed by atoms with Gasteiger partial charge in [-0.2, -0.15) is 0 Å². The van der Waals surface area contributed by atoms with Crippen molar-refractivity contribution >= 4 is 93.7 Å². The van der Waals surface area contributed by atoms with Crippen LogP contribution >= 0.6 is 0 Å². The highest BCUT2D eigenvalue weighted by atomic mass is 16.3. The van der Waals surface area contributed by atoms with Crippen molar-refractivity contribution in [3.8, 4) is 22.3 Å². The molecule has 0 amide bonds. The minimum atomic E-state index is 0.846. The summed E-state index contributed by atoms with van der Waals surface area (Å²) in [4.78, 5) is 2.38. The van der Waals surface area contributed by atoms with E-state index in [4.69, 9.17) is 13.3 Å². The molecule has 262 valence electrons. The van der Waals surface area contributed by atoms with Crippen molar-refractivity contribution in [2.75, 3.05) is 4.90 Å². The Labute approximate surface area is 321 Å². The molecule has 0 saturated heterocycles. The van der Waals surface area contributed by atoms with Gasteiger partial charge in [0, 0.05) is 38.2 Å². The van der Waals surface area contributed by atoms with Gasteiger partial charge in [0.15, 0.2) is 0 Å². The summed E-state index contributed by atoms with van der Waals surface area (Å²) in [6.45, 7) is 0. The monoisotopic (exact) mass is 717 g/mol. The van der Waals surface area contributed by atoms with Crippen molar-refractivity contribution in [1.29, 1.82) is 0 Å². The van der Waals surface area contributed by atoms with Gasteiger partial charge in [0.2, 0.25) is 0 Å². The highest BCUT2D eigenvalue weighted by molar-refractivity contribution is 6.18. The molecule has 4 nitrogen and oxygen atoms in total. The SMILES string of the molecule is c1ccc(N(c2ccc(-c3ccc4oc5ccccc5c4c3)cc2)c2cccc3oc4ccccc4c23)c(-c2cccc3oc4cc5ccccc5cc4c23)c1. The molecule has 0 fully saturated rings. The number of anilines is 3. The summed E-state index contributed by atoms with van der Waals surface area (Å²) in [6, 6.07) is 66.2. The molecular weight excluding hydrogens is 687 g/mol. The van der Waals surface area contributed by atoms with Crippen LogP contribution in [-0.4, -0.2) is 0 Å². The standard InChI is InChI=1S/C52H31NO3/c1-2-12-34-31-50-42(30-33(34)11-1)51-39(16-9-21-48(51)56-50)37-13-3-6-17-43(37)53(44-18-10-22-49-52(44)40-15-5-8-20-46(40)55-49)36-26-23-32(24-27-36)35-25-28-47-41(29-35)38-14-4-7-19-45(38)54-47/h1-31H. The summed E-state index contributed by atoms with van der Waals surface area (Å²) in [5, 5.41) is 8.93. The van der Waals surface area contributed by atoms with Crippen LogP contribution in [0.2, 0.25) is 0 Å². The Hall–Kier alpha value is -7.56. The molecule has 12 aromatic rings. The summed E-state index contributed by atoms with van der Waals surface area (Å²) in [5.41, 5.74) is 12.8. The maximum absolute atomic E-state index is 6.56. The molecule has 0 aliphatic rings. The number of fused-ring (bicyclic) bond motifs is 10. The Bertz CT molecular complexity index is 3490. The van der Waals surface area contributed by atoms with E-state index in [2.05, 4.69) is 169 Å². The van der Waals surface area contributed by atoms with Crippen LogP contribution in [-0.2, 0) is 0 Å². The molecule has 0 radical (unpaired) electrons. The van der Waals surface area contributed by atoms with E-state index in [9.17, 15) is 0 Å². The lowest BCUT2D eigenvalue weighted by Crippen LogP contribution is -2.11. The summed E-state index contributed by atoms with van der Waals surface area (Å²) in [5.74, 6) is 0. The van der Waals surface area contributed by atoms with E-state index in [1.165, 1.54) is 5.39 Å². The van der Waals surface area contributed by atoms with E-state index < -0.39 is 0 Å². The lowest BCUT2D eigenvalue weighted by molar-refractivity contribution is 0.668. The van der Waals surface area contributed by atoms with Gasteiger partial charge in [-0.25, -0.2) is 0 Å². The molecular formula is C52H31NO3.